The number of nitrogens with zero attached hydrogens (tertiary/aromatic N) is 2. The first-order valence-electron chi connectivity index (χ1n) is 8.30. The average molecular weight is 323 g/mol. The molecule has 0 unspecified atom stereocenters. The van der Waals surface area contributed by atoms with Gasteiger partial charge in [0.25, 0.3) is 0 Å². The summed E-state index contributed by atoms with van der Waals surface area (Å²) in [7, 11) is 1.77. The summed E-state index contributed by atoms with van der Waals surface area (Å²) >= 11 is 0. The Morgan fingerprint density at radius 1 is 1.17 bits per heavy atom. The van der Waals surface area contributed by atoms with Crippen LogP contribution in [0.3, 0.4) is 0 Å². The molecule has 1 aromatic rings. The highest BCUT2D eigenvalue weighted by molar-refractivity contribution is 6.17. The molecule has 0 saturated carbocycles. The van der Waals surface area contributed by atoms with Gasteiger partial charge in [-0.1, -0.05) is 50.8 Å². The number of allylic oxidation sites excluding steroid dienone is 3. The smallest absolute Gasteiger partial charge is 0.0819 e. The van der Waals surface area contributed by atoms with E-state index in [-0.39, 0.29) is 5.92 Å². The van der Waals surface area contributed by atoms with Gasteiger partial charge >= 0.3 is 0 Å². The van der Waals surface area contributed by atoms with Gasteiger partial charge < -0.3 is 5.32 Å². The fourth-order valence-electron chi connectivity index (χ4n) is 2.33. The molecule has 1 rings (SSSR count). The van der Waals surface area contributed by atoms with Crippen LogP contribution in [0, 0.1) is 12.8 Å². The Kier molecular flexibility index (Phi) is 7.90. The van der Waals surface area contributed by atoms with E-state index in [1.165, 1.54) is 5.56 Å². The SMILES string of the molecule is C=C(Nc1ccccc1C)C(=C/C)/N=C(/C(C=NC)=C/C)C(C)C. The van der Waals surface area contributed by atoms with Gasteiger partial charge in [0.15, 0.2) is 0 Å². The van der Waals surface area contributed by atoms with Gasteiger partial charge in [-0.25, -0.2) is 0 Å². The Morgan fingerprint density at radius 2 is 1.83 bits per heavy atom. The molecule has 1 N–H and O–H groups in total. The first-order valence-corrected chi connectivity index (χ1v) is 8.30. The van der Waals surface area contributed by atoms with Gasteiger partial charge in [0.1, 0.15) is 0 Å². The maximum absolute atomic E-state index is 4.87. The number of aliphatic imine (C=N–C) groups is 2. The topological polar surface area (TPSA) is 36.8 Å². The molecule has 0 aliphatic heterocycles. The lowest BCUT2D eigenvalue weighted by Gasteiger charge is -2.16. The molecule has 24 heavy (non-hydrogen) atoms. The molecule has 0 saturated heterocycles. The van der Waals surface area contributed by atoms with Crippen molar-refractivity contribution in [3.8, 4) is 0 Å². The number of aryl methyl sites for hydroxylation is 1. The third-order valence-corrected chi connectivity index (χ3v) is 3.68. The number of hydrogen-bond acceptors (Lipinski definition) is 3. The van der Waals surface area contributed by atoms with Crippen LogP contribution in [-0.4, -0.2) is 19.0 Å². The maximum atomic E-state index is 4.87. The predicted octanol–water partition coefficient (Wildman–Crippen LogP) is 5.57. The van der Waals surface area contributed by atoms with Crippen molar-refractivity contribution in [3.63, 3.8) is 0 Å². The summed E-state index contributed by atoms with van der Waals surface area (Å²) in [4.78, 5) is 9.00. The van der Waals surface area contributed by atoms with Crippen LogP contribution < -0.4 is 5.32 Å². The highest BCUT2D eigenvalue weighted by Crippen LogP contribution is 2.20. The lowest BCUT2D eigenvalue weighted by atomic mass is 10.00. The molecule has 3 heteroatoms. The number of nitrogens with one attached hydrogen (secondary N) is 1. The molecule has 128 valence electrons. The van der Waals surface area contributed by atoms with Crippen LogP contribution in [0.5, 0.6) is 0 Å². The largest absolute Gasteiger partial charge is 0.354 e. The molecular formula is C21H29N3. The lowest BCUT2D eigenvalue weighted by molar-refractivity contribution is 0.883. The normalized spacial score (nSPS) is 13.7. The Balaban J connectivity index is 3.15. The van der Waals surface area contributed by atoms with Crippen LogP contribution >= 0.6 is 0 Å². The van der Waals surface area contributed by atoms with Gasteiger partial charge in [0.05, 0.1) is 17.1 Å². The maximum Gasteiger partial charge on any atom is 0.0819 e. The zero-order chi connectivity index (χ0) is 18.1. The van der Waals surface area contributed by atoms with E-state index < -0.39 is 0 Å². The number of benzene rings is 1. The number of rotatable bonds is 7. The highest BCUT2D eigenvalue weighted by atomic mass is 14.9. The van der Waals surface area contributed by atoms with Crippen molar-refractivity contribution >= 4 is 17.6 Å². The Morgan fingerprint density at radius 3 is 2.33 bits per heavy atom. The zero-order valence-electron chi connectivity index (χ0n) is 15.7. The van der Waals surface area contributed by atoms with E-state index in [0.717, 1.165) is 28.4 Å². The molecule has 3 nitrogen and oxygen atoms in total. The minimum Gasteiger partial charge on any atom is -0.354 e. The van der Waals surface area contributed by atoms with Crippen molar-refractivity contribution in [2.24, 2.45) is 15.9 Å². The van der Waals surface area contributed by atoms with Gasteiger partial charge in [-0.05, 0) is 38.3 Å². The molecular weight excluding hydrogens is 294 g/mol. The van der Waals surface area contributed by atoms with E-state index in [1.807, 2.05) is 50.4 Å². The van der Waals surface area contributed by atoms with Crippen molar-refractivity contribution in [1.82, 2.24) is 0 Å². The first kappa shape index (κ1) is 19.6. The second-order valence-electron chi connectivity index (χ2n) is 5.88. The molecule has 0 bridgehead atoms. The van der Waals surface area contributed by atoms with Crippen molar-refractivity contribution in [1.29, 1.82) is 0 Å². The second-order valence-corrected chi connectivity index (χ2v) is 5.88. The number of para-hydroxylation sites is 1. The van der Waals surface area contributed by atoms with Gasteiger partial charge in [0, 0.05) is 24.5 Å². The zero-order valence-corrected chi connectivity index (χ0v) is 15.7. The minimum atomic E-state index is 0.287. The summed E-state index contributed by atoms with van der Waals surface area (Å²) in [5.74, 6) is 0.287. The standard InChI is InChI=1S/C21H29N3/c1-8-18(14-22-7)21(15(3)4)24-19(9-2)17(6)23-20-13-11-10-12-16(20)5/h8-15,23H,6H2,1-5,7H3/b18-8+,19-9-,22-14?,24-21+. The molecule has 0 atom stereocenters. The summed E-state index contributed by atoms with van der Waals surface area (Å²) in [6, 6.07) is 8.15. The van der Waals surface area contributed by atoms with Crippen molar-refractivity contribution in [2.45, 2.75) is 34.6 Å². The van der Waals surface area contributed by atoms with Gasteiger partial charge in [-0.3, -0.25) is 9.98 Å². The second kappa shape index (κ2) is 9.66. The van der Waals surface area contributed by atoms with Crippen LogP contribution in [0.4, 0.5) is 5.69 Å². The molecule has 0 fully saturated rings. The summed E-state index contributed by atoms with van der Waals surface area (Å²) in [6.07, 6.45) is 5.87. The van der Waals surface area contributed by atoms with E-state index in [4.69, 9.17) is 4.99 Å². The third kappa shape index (κ3) is 5.34. The van der Waals surface area contributed by atoms with E-state index in [0.29, 0.717) is 0 Å². The number of hydrogen-bond donors (Lipinski definition) is 1. The molecule has 1 aromatic carbocycles. The van der Waals surface area contributed by atoms with Gasteiger partial charge in [-0.15, -0.1) is 0 Å². The van der Waals surface area contributed by atoms with Crippen LogP contribution in [0.15, 0.2) is 69.9 Å². The van der Waals surface area contributed by atoms with Crippen molar-refractivity contribution in [2.75, 3.05) is 12.4 Å². The van der Waals surface area contributed by atoms with E-state index in [2.05, 4.69) is 43.7 Å². The summed E-state index contributed by atoms with van der Waals surface area (Å²) < 4.78 is 0. The van der Waals surface area contributed by atoms with E-state index >= 15 is 0 Å². The fourth-order valence-corrected chi connectivity index (χ4v) is 2.33. The van der Waals surface area contributed by atoms with Crippen molar-refractivity contribution in [3.05, 3.63) is 65.5 Å². The summed E-state index contributed by atoms with van der Waals surface area (Å²) in [6.45, 7) is 14.5. The van der Waals surface area contributed by atoms with E-state index in [9.17, 15) is 0 Å². The molecule has 0 spiro atoms. The molecule has 0 aliphatic carbocycles. The molecule has 0 heterocycles. The van der Waals surface area contributed by atoms with Gasteiger partial charge in [-0.2, -0.15) is 0 Å². The van der Waals surface area contributed by atoms with Crippen LogP contribution in [0.2, 0.25) is 0 Å². The van der Waals surface area contributed by atoms with Crippen LogP contribution in [0.25, 0.3) is 0 Å². The highest BCUT2D eigenvalue weighted by Gasteiger charge is 2.12. The fraction of sp³-hybridized carbons (Fsp3) is 0.333. The summed E-state index contributed by atoms with van der Waals surface area (Å²) in [5, 5.41) is 3.37. The third-order valence-electron chi connectivity index (χ3n) is 3.68. The van der Waals surface area contributed by atoms with Crippen LogP contribution in [-0.2, 0) is 0 Å². The first-order chi connectivity index (χ1) is 11.4. The molecule has 0 aliphatic rings. The Labute approximate surface area is 146 Å². The Hall–Kier alpha value is -2.42. The molecule has 0 amide bonds. The lowest BCUT2D eigenvalue weighted by Crippen LogP contribution is -2.14. The van der Waals surface area contributed by atoms with Crippen LogP contribution in [0.1, 0.15) is 33.3 Å². The van der Waals surface area contributed by atoms with Gasteiger partial charge in [0.2, 0.25) is 0 Å². The minimum absolute atomic E-state index is 0.287. The monoisotopic (exact) mass is 323 g/mol. The molecule has 0 radical (unpaired) electrons. The Bertz CT molecular complexity index is 689. The van der Waals surface area contributed by atoms with E-state index in [1.54, 1.807) is 7.05 Å². The quantitative estimate of drug-likeness (QED) is 0.517. The average Bonchev–Trinajstić information content (AvgIpc) is 2.56. The summed E-state index contributed by atoms with van der Waals surface area (Å²) in [5.41, 5.74) is 5.89. The number of anilines is 1. The molecule has 0 aromatic heterocycles. The van der Waals surface area contributed by atoms with Crippen molar-refractivity contribution < 1.29 is 0 Å². The predicted molar refractivity (Wildman–Crippen MR) is 108 cm³/mol.